The van der Waals surface area contributed by atoms with Crippen LogP contribution in [0.25, 0.3) is 22.0 Å². The summed E-state index contributed by atoms with van der Waals surface area (Å²) < 4.78 is 0. The first-order valence-corrected chi connectivity index (χ1v) is 8.63. The third-order valence-corrected chi connectivity index (χ3v) is 4.49. The number of aryl methyl sites for hydroxylation is 1. The largest absolute Gasteiger partial charge is 0.398 e. The molecule has 4 aromatic rings. The highest BCUT2D eigenvalue weighted by molar-refractivity contribution is 6.00. The molecule has 0 unspecified atom stereocenters. The second-order valence-corrected chi connectivity index (χ2v) is 6.30. The van der Waals surface area contributed by atoms with Gasteiger partial charge in [-0.15, -0.1) is 0 Å². The molecule has 8 nitrogen and oxygen atoms in total. The summed E-state index contributed by atoms with van der Waals surface area (Å²) in [6.45, 7) is 5.45. The molecule has 0 aliphatic heterocycles. The SMILES string of the molecule is C#N.Cc1cc(Nc2ccnc(N)n2)cc(-c2ccc3[nH]cc(C=O)c3c2)c1N. The summed E-state index contributed by atoms with van der Waals surface area (Å²) >= 11 is 0. The van der Waals surface area contributed by atoms with Crippen molar-refractivity contribution in [2.75, 3.05) is 16.8 Å². The quantitative estimate of drug-likeness (QED) is 0.308. The highest BCUT2D eigenvalue weighted by atomic mass is 16.1. The molecule has 0 amide bonds. The Balaban J connectivity index is 0.00000117. The molecule has 0 bridgehead atoms. The van der Waals surface area contributed by atoms with Crippen LogP contribution in [-0.4, -0.2) is 21.2 Å². The Morgan fingerprint density at radius 2 is 1.97 bits per heavy atom. The number of nitriles is 1. The number of fused-ring (bicyclic) bond motifs is 1. The highest BCUT2D eigenvalue weighted by Crippen LogP contribution is 2.34. The zero-order valence-electron chi connectivity index (χ0n) is 15.7. The first-order chi connectivity index (χ1) is 14.0. The average Bonchev–Trinajstić information content (AvgIpc) is 3.14. The molecule has 0 fully saturated rings. The van der Waals surface area contributed by atoms with Crippen LogP contribution in [0.2, 0.25) is 0 Å². The molecule has 0 radical (unpaired) electrons. The van der Waals surface area contributed by atoms with Crippen LogP contribution >= 0.6 is 0 Å². The lowest BCUT2D eigenvalue weighted by Gasteiger charge is -2.14. The molecule has 8 heteroatoms. The minimum atomic E-state index is 0.201. The number of hydrogen-bond acceptors (Lipinski definition) is 7. The number of hydrogen-bond donors (Lipinski definition) is 4. The molecule has 0 spiro atoms. The lowest BCUT2D eigenvalue weighted by atomic mass is 9.98. The summed E-state index contributed by atoms with van der Waals surface area (Å²) in [6.07, 6.45) is 4.14. The van der Waals surface area contributed by atoms with Crippen molar-refractivity contribution in [3.63, 3.8) is 0 Å². The lowest BCUT2D eigenvalue weighted by Crippen LogP contribution is -2.01. The van der Waals surface area contributed by atoms with Gasteiger partial charge in [0.05, 0.1) is 0 Å². The van der Waals surface area contributed by atoms with E-state index in [1.54, 1.807) is 18.5 Å². The van der Waals surface area contributed by atoms with E-state index in [0.717, 1.165) is 39.6 Å². The van der Waals surface area contributed by atoms with Gasteiger partial charge in [0.25, 0.3) is 0 Å². The Labute approximate surface area is 167 Å². The molecule has 6 N–H and O–H groups in total. The van der Waals surface area contributed by atoms with E-state index < -0.39 is 0 Å². The van der Waals surface area contributed by atoms with E-state index in [2.05, 4.69) is 26.8 Å². The van der Waals surface area contributed by atoms with Gasteiger partial charge in [-0.3, -0.25) is 4.79 Å². The maximum atomic E-state index is 11.3. The van der Waals surface area contributed by atoms with Crippen LogP contribution in [0.3, 0.4) is 0 Å². The van der Waals surface area contributed by atoms with Crippen LogP contribution in [0.4, 0.5) is 23.1 Å². The molecule has 4 rings (SSSR count). The van der Waals surface area contributed by atoms with Gasteiger partial charge in [0, 0.05) is 52.4 Å². The molecule has 2 heterocycles. The van der Waals surface area contributed by atoms with Gasteiger partial charge in [-0.05, 0) is 48.4 Å². The third-order valence-electron chi connectivity index (χ3n) is 4.49. The van der Waals surface area contributed by atoms with Crippen LogP contribution in [0.15, 0.2) is 48.8 Å². The zero-order valence-corrected chi connectivity index (χ0v) is 15.7. The number of nitrogens with two attached hydrogens (primary N) is 2. The van der Waals surface area contributed by atoms with Gasteiger partial charge in [-0.2, -0.15) is 4.98 Å². The molecule has 0 aliphatic rings. The number of aldehydes is 1. The number of carbonyl (C=O) groups is 1. The van der Waals surface area contributed by atoms with Gasteiger partial charge in [0.15, 0.2) is 6.29 Å². The Morgan fingerprint density at radius 3 is 2.69 bits per heavy atom. The van der Waals surface area contributed by atoms with E-state index in [1.807, 2.05) is 37.3 Å². The molecule has 0 saturated carbocycles. The summed E-state index contributed by atoms with van der Waals surface area (Å²) in [6, 6.07) is 11.5. The Hall–Kier alpha value is -4.38. The molecular formula is C21H19N7O. The van der Waals surface area contributed by atoms with Crippen molar-refractivity contribution in [1.29, 1.82) is 5.26 Å². The van der Waals surface area contributed by atoms with Crippen LogP contribution < -0.4 is 16.8 Å². The Bertz CT molecular complexity index is 1210. The van der Waals surface area contributed by atoms with Crippen molar-refractivity contribution in [2.24, 2.45) is 0 Å². The number of aromatic amines is 1. The number of benzene rings is 2. The van der Waals surface area contributed by atoms with E-state index in [1.165, 1.54) is 0 Å². The molecule has 2 aromatic heterocycles. The fraction of sp³-hybridized carbons (Fsp3) is 0.0476. The van der Waals surface area contributed by atoms with Crippen LogP contribution in [0.1, 0.15) is 15.9 Å². The molecule has 2 aromatic carbocycles. The highest BCUT2D eigenvalue weighted by Gasteiger charge is 2.11. The fourth-order valence-electron chi connectivity index (χ4n) is 3.11. The smallest absolute Gasteiger partial charge is 0.221 e. The molecule has 29 heavy (non-hydrogen) atoms. The van der Waals surface area contributed by atoms with E-state index in [9.17, 15) is 4.79 Å². The average molecular weight is 385 g/mol. The van der Waals surface area contributed by atoms with E-state index in [4.69, 9.17) is 16.7 Å². The summed E-state index contributed by atoms with van der Waals surface area (Å²) in [5.41, 5.74) is 17.8. The first-order valence-electron chi connectivity index (χ1n) is 8.63. The van der Waals surface area contributed by atoms with Gasteiger partial charge in [0.1, 0.15) is 5.82 Å². The number of nitrogen functional groups attached to an aromatic ring is 2. The van der Waals surface area contributed by atoms with Crippen LogP contribution in [0.5, 0.6) is 0 Å². The van der Waals surface area contributed by atoms with Crippen LogP contribution in [-0.2, 0) is 0 Å². The van der Waals surface area contributed by atoms with Gasteiger partial charge in [-0.1, -0.05) is 6.07 Å². The van der Waals surface area contributed by atoms with Gasteiger partial charge in [-0.25, -0.2) is 10.2 Å². The number of nitrogens with zero attached hydrogens (tertiary/aromatic N) is 3. The summed E-state index contributed by atoms with van der Waals surface area (Å²) in [5.74, 6) is 0.800. The normalized spacial score (nSPS) is 10.2. The molecule has 144 valence electrons. The Kier molecular flexibility index (Phi) is 5.42. The number of anilines is 4. The minimum Gasteiger partial charge on any atom is -0.398 e. The second-order valence-electron chi connectivity index (χ2n) is 6.30. The zero-order chi connectivity index (χ0) is 21.0. The number of rotatable bonds is 4. The van der Waals surface area contributed by atoms with Crippen LogP contribution in [0, 0.1) is 18.8 Å². The third kappa shape index (κ3) is 3.84. The maximum absolute atomic E-state index is 11.3. The number of aromatic nitrogens is 3. The summed E-state index contributed by atoms with van der Waals surface area (Å²) in [7, 11) is 0. The predicted octanol–water partition coefficient (Wildman–Crippen LogP) is 3.79. The Morgan fingerprint density at radius 1 is 1.17 bits per heavy atom. The van der Waals surface area contributed by atoms with Crippen molar-refractivity contribution in [2.45, 2.75) is 6.92 Å². The number of H-pyrrole nitrogens is 1. The van der Waals surface area contributed by atoms with Gasteiger partial charge < -0.3 is 21.8 Å². The standard InChI is InChI=1S/C20H18N6O.CHN/c1-11-6-14(25-18-4-5-23-20(22)26-18)8-16(19(11)21)12-2-3-17-15(7-12)13(10-27)9-24-17;1-2/h2-10,24H,21H2,1H3,(H3,22,23,25,26);1H. The van der Waals surface area contributed by atoms with E-state index in [-0.39, 0.29) is 5.95 Å². The molecular weight excluding hydrogens is 366 g/mol. The second kappa shape index (κ2) is 8.10. The van der Waals surface area contributed by atoms with Crippen molar-refractivity contribution in [3.05, 3.63) is 59.9 Å². The van der Waals surface area contributed by atoms with Crippen molar-refractivity contribution < 1.29 is 4.79 Å². The van der Waals surface area contributed by atoms with E-state index in [0.29, 0.717) is 17.1 Å². The maximum Gasteiger partial charge on any atom is 0.221 e. The van der Waals surface area contributed by atoms with Crippen molar-refractivity contribution >= 4 is 40.3 Å². The molecule has 0 saturated heterocycles. The fourth-order valence-corrected chi connectivity index (χ4v) is 3.11. The topological polar surface area (TPSA) is 146 Å². The number of nitrogens with one attached hydrogen (secondary N) is 2. The summed E-state index contributed by atoms with van der Waals surface area (Å²) in [4.78, 5) is 22.4. The van der Waals surface area contributed by atoms with Crippen molar-refractivity contribution in [3.8, 4) is 17.7 Å². The van der Waals surface area contributed by atoms with Gasteiger partial charge in [0.2, 0.25) is 5.95 Å². The first kappa shape index (κ1) is 19.4. The number of carbonyl (C=O) groups excluding carboxylic acids is 1. The molecule has 0 atom stereocenters. The summed E-state index contributed by atoms with van der Waals surface area (Å²) in [5, 5.41) is 10.6. The van der Waals surface area contributed by atoms with E-state index >= 15 is 0 Å². The molecule has 0 aliphatic carbocycles. The predicted molar refractivity (Wildman–Crippen MR) is 115 cm³/mol. The van der Waals surface area contributed by atoms with Gasteiger partial charge >= 0.3 is 0 Å². The minimum absolute atomic E-state index is 0.201. The monoisotopic (exact) mass is 385 g/mol. The van der Waals surface area contributed by atoms with Crippen molar-refractivity contribution in [1.82, 2.24) is 15.0 Å². The lowest BCUT2D eigenvalue weighted by molar-refractivity contribution is 0.112.